The molecule has 0 radical (unpaired) electrons. The number of nitriles is 1. The summed E-state index contributed by atoms with van der Waals surface area (Å²) in [7, 11) is -2.21. The lowest BCUT2D eigenvalue weighted by molar-refractivity contribution is 0.552. The van der Waals surface area contributed by atoms with Crippen LogP contribution in [0.3, 0.4) is 0 Å². The molecule has 0 spiro atoms. The van der Waals surface area contributed by atoms with E-state index in [9.17, 15) is 12.8 Å². The number of nitrogens with zero attached hydrogens (tertiary/aromatic N) is 4. The highest BCUT2D eigenvalue weighted by Crippen LogP contribution is 2.17. The molecule has 0 bridgehead atoms. The van der Waals surface area contributed by atoms with Crippen molar-refractivity contribution in [1.82, 2.24) is 19.5 Å². The van der Waals surface area contributed by atoms with Gasteiger partial charge in [0.05, 0.1) is 16.5 Å². The van der Waals surface area contributed by atoms with E-state index in [2.05, 4.69) is 14.9 Å². The number of aryl methyl sites for hydroxylation is 1. The second kappa shape index (κ2) is 5.59. The standard InChI is InChI=1S/C12H12FN5O2S/c1-8(12-16-15-7-18(12)2)17-21(19,20)10-3-4-11(13)9(5-10)6-14/h3-5,7-8,17H,1-2H3. The first-order valence-electron chi connectivity index (χ1n) is 5.91. The van der Waals surface area contributed by atoms with Crippen LogP contribution in [-0.4, -0.2) is 23.2 Å². The molecule has 110 valence electrons. The molecule has 7 nitrogen and oxygen atoms in total. The molecule has 0 aliphatic rings. The minimum Gasteiger partial charge on any atom is -0.319 e. The molecule has 0 aliphatic carbocycles. The third-order valence-corrected chi connectivity index (χ3v) is 4.37. The van der Waals surface area contributed by atoms with Crippen molar-refractivity contribution >= 4 is 10.0 Å². The summed E-state index contributed by atoms with van der Waals surface area (Å²) in [6.07, 6.45) is 1.45. The second-order valence-corrected chi connectivity index (χ2v) is 6.11. The lowest BCUT2D eigenvalue weighted by Gasteiger charge is -2.13. The Labute approximate surface area is 121 Å². The van der Waals surface area contributed by atoms with Gasteiger partial charge in [-0.2, -0.15) is 5.26 Å². The first-order valence-corrected chi connectivity index (χ1v) is 7.39. The Hall–Kier alpha value is -2.31. The number of hydrogen-bond acceptors (Lipinski definition) is 5. The topological polar surface area (TPSA) is 101 Å². The van der Waals surface area contributed by atoms with E-state index >= 15 is 0 Å². The largest absolute Gasteiger partial charge is 0.319 e. The van der Waals surface area contributed by atoms with Crippen molar-refractivity contribution in [3.63, 3.8) is 0 Å². The zero-order valence-corrected chi connectivity index (χ0v) is 12.1. The number of rotatable bonds is 4. The van der Waals surface area contributed by atoms with Gasteiger partial charge in [-0.1, -0.05) is 0 Å². The van der Waals surface area contributed by atoms with E-state index in [1.54, 1.807) is 24.6 Å². The predicted molar refractivity (Wildman–Crippen MR) is 70.9 cm³/mol. The molecule has 0 amide bonds. The summed E-state index contributed by atoms with van der Waals surface area (Å²) in [6.45, 7) is 1.61. The van der Waals surface area contributed by atoms with E-state index in [1.165, 1.54) is 6.33 Å². The van der Waals surface area contributed by atoms with E-state index in [1.807, 2.05) is 0 Å². The second-order valence-electron chi connectivity index (χ2n) is 4.40. The summed E-state index contributed by atoms with van der Waals surface area (Å²) in [5, 5.41) is 16.2. The van der Waals surface area contributed by atoms with E-state index in [0.717, 1.165) is 18.2 Å². The van der Waals surface area contributed by atoms with Crippen LogP contribution in [0.15, 0.2) is 29.4 Å². The monoisotopic (exact) mass is 309 g/mol. The fourth-order valence-corrected chi connectivity index (χ4v) is 3.02. The maximum absolute atomic E-state index is 13.2. The van der Waals surface area contributed by atoms with Crippen molar-refractivity contribution in [2.75, 3.05) is 0 Å². The maximum atomic E-state index is 13.2. The maximum Gasteiger partial charge on any atom is 0.241 e. The van der Waals surface area contributed by atoms with Gasteiger partial charge in [-0.3, -0.25) is 0 Å². The van der Waals surface area contributed by atoms with Crippen LogP contribution in [0.25, 0.3) is 0 Å². The zero-order valence-electron chi connectivity index (χ0n) is 11.3. The minimum absolute atomic E-state index is 0.186. The summed E-state index contributed by atoms with van der Waals surface area (Å²) in [5.41, 5.74) is -0.329. The molecule has 1 aromatic carbocycles. The minimum atomic E-state index is -3.90. The molecule has 1 atom stereocenters. The summed E-state index contributed by atoms with van der Waals surface area (Å²) in [4.78, 5) is -0.186. The van der Waals surface area contributed by atoms with Gasteiger partial charge in [-0.05, 0) is 25.1 Å². The molecule has 0 saturated carbocycles. The first kappa shape index (κ1) is 15.1. The van der Waals surface area contributed by atoms with Crippen molar-refractivity contribution in [3.8, 4) is 6.07 Å². The van der Waals surface area contributed by atoms with Gasteiger partial charge >= 0.3 is 0 Å². The highest BCUT2D eigenvalue weighted by molar-refractivity contribution is 7.89. The van der Waals surface area contributed by atoms with Gasteiger partial charge in [0.25, 0.3) is 0 Å². The molecule has 2 rings (SSSR count). The Kier molecular flexibility index (Phi) is 4.02. The SMILES string of the molecule is CC(NS(=O)(=O)c1ccc(F)c(C#N)c1)c1nncn1C. The van der Waals surface area contributed by atoms with E-state index in [0.29, 0.717) is 5.82 Å². The number of aromatic nitrogens is 3. The van der Waals surface area contributed by atoms with E-state index in [-0.39, 0.29) is 10.5 Å². The molecule has 2 aromatic rings. The number of hydrogen-bond donors (Lipinski definition) is 1. The Morgan fingerprint density at radius 2 is 2.19 bits per heavy atom. The summed E-state index contributed by atoms with van der Waals surface area (Å²) >= 11 is 0. The average molecular weight is 309 g/mol. The molecule has 21 heavy (non-hydrogen) atoms. The van der Waals surface area contributed by atoms with Crippen molar-refractivity contribution in [2.45, 2.75) is 17.9 Å². The summed E-state index contributed by atoms with van der Waals surface area (Å²) < 4.78 is 41.7. The summed E-state index contributed by atoms with van der Waals surface area (Å²) in [5.74, 6) is -0.334. The average Bonchev–Trinajstić information content (AvgIpc) is 2.85. The van der Waals surface area contributed by atoms with Gasteiger partial charge in [0, 0.05) is 7.05 Å². The van der Waals surface area contributed by atoms with Gasteiger partial charge < -0.3 is 4.57 Å². The Morgan fingerprint density at radius 1 is 1.48 bits per heavy atom. The lowest BCUT2D eigenvalue weighted by Crippen LogP contribution is -2.28. The van der Waals surface area contributed by atoms with Crippen molar-refractivity contribution in [2.24, 2.45) is 7.05 Å². The van der Waals surface area contributed by atoms with Crippen molar-refractivity contribution in [1.29, 1.82) is 5.26 Å². The predicted octanol–water partition coefficient (Wildman–Crippen LogP) is 0.865. The molecule has 1 heterocycles. The van der Waals surface area contributed by atoms with Crippen LogP contribution < -0.4 is 4.72 Å². The molecule has 1 aromatic heterocycles. The molecule has 9 heteroatoms. The Bertz CT molecular complexity index is 809. The zero-order chi connectivity index (χ0) is 15.6. The molecule has 0 aliphatic heterocycles. The fourth-order valence-electron chi connectivity index (χ4n) is 1.79. The fraction of sp³-hybridized carbons (Fsp3) is 0.250. The van der Waals surface area contributed by atoms with Crippen LogP contribution in [0.2, 0.25) is 0 Å². The van der Waals surface area contributed by atoms with Crippen LogP contribution in [0.5, 0.6) is 0 Å². The van der Waals surface area contributed by atoms with Crippen LogP contribution in [-0.2, 0) is 17.1 Å². The molecule has 0 fully saturated rings. The molecule has 1 N–H and O–H groups in total. The molecular weight excluding hydrogens is 297 g/mol. The number of halogens is 1. The lowest BCUT2D eigenvalue weighted by atomic mass is 10.2. The number of sulfonamides is 1. The third kappa shape index (κ3) is 3.07. The smallest absolute Gasteiger partial charge is 0.241 e. The van der Waals surface area contributed by atoms with Crippen LogP contribution in [0, 0.1) is 17.1 Å². The van der Waals surface area contributed by atoms with Gasteiger partial charge in [0.15, 0.2) is 0 Å². The van der Waals surface area contributed by atoms with Gasteiger partial charge in [0.1, 0.15) is 24.0 Å². The van der Waals surface area contributed by atoms with Crippen molar-refractivity contribution < 1.29 is 12.8 Å². The van der Waals surface area contributed by atoms with E-state index in [4.69, 9.17) is 5.26 Å². The van der Waals surface area contributed by atoms with Gasteiger partial charge in [0.2, 0.25) is 10.0 Å². The molecular formula is C12H12FN5O2S. The van der Waals surface area contributed by atoms with Gasteiger partial charge in [-0.25, -0.2) is 17.5 Å². The van der Waals surface area contributed by atoms with Crippen LogP contribution >= 0.6 is 0 Å². The number of nitrogens with one attached hydrogen (secondary N) is 1. The van der Waals surface area contributed by atoms with Crippen molar-refractivity contribution in [3.05, 3.63) is 41.7 Å². The third-order valence-electron chi connectivity index (χ3n) is 2.83. The quantitative estimate of drug-likeness (QED) is 0.903. The Morgan fingerprint density at radius 3 is 2.76 bits per heavy atom. The van der Waals surface area contributed by atoms with Gasteiger partial charge in [-0.15, -0.1) is 10.2 Å². The Balaban J connectivity index is 2.31. The molecule has 0 saturated heterocycles. The van der Waals surface area contributed by atoms with Crippen LogP contribution in [0.1, 0.15) is 24.4 Å². The highest BCUT2D eigenvalue weighted by atomic mass is 32.2. The van der Waals surface area contributed by atoms with E-state index < -0.39 is 21.9 Å². The first-order chi connectivity index (χ1) is 9.85. The number of benzene rings is 1. The normalized spacial score (nSPS) is 12.9. The highest BCUT2D eigenvalue weighted by Gasteiger charge is 2.22. The summed E-state index contributed by atoms with van der Waals surface area (Å²) in [6, 6.07) is 4.01. The molecule has 1 unspecified atom stereocenters. The van der Waals surface area contributed by atoms with Crippen LogP contribution in [0.4, 0.5) is 4.39 Å².